The van der Waals surface area contributed by atoms with Crippen LogP contribution in [-0.4, -0.2) is 67.4 Å². The highest BCUT2D eigenvalue weighted by Crippen LogP contribution is 2.13. The maximum atomic E-state index is 13.4. The first-order chi connectivity index (χ1) is 17.6. The van der Waals surface area contributed by atoms with E-state index in [4.69, 9.17) is 10.5 Å². The van der Waals surface area contributed by atoms with Crippen molar-refractivity contribution in [1.29, 1.82) is 0 Å². The second-order valence-corrected chi connectivity index (χ2v) is 8.13. The summed E-state index contributed by atoms with van der Waals surface area (Å²) in [6.45, 7) is 7.84. The molecule has 2 aromatic carbocycles. The molecule has 4 N–H and O–H groups in total. The summed E-state index contributed by atoms with van der Waals surface area (Å²) in [5, 5.41) is 9.82. The number of nitrogens with zero attached hydrogens (tertiary/aromatic N) is 3. The van der Waals surface area contributed by atoms with E-state index >= 15 is 0 Å². The molecule has 0 atom stereocenters. The number of carbonyl (C=O) groups excluding carboxylic acids is 2. The Kier molecular flexibility index (Phi) is 10.7. The summed E-state index contributed by atoms with van der Waals surface area (Å²) in [5.74, 6) is 0.232. The van der Waals surface area contributed by atoms with Crippen molar-refractivity contribution >= 4 is 18.0 Å². The van der Waals surface area contributed by atoms with Gasteiger partial charge in [0.2, 0.25) is 0 Å². The third kappa shape index (κ3) is 8.37. The average molecular weight is 491 g/mol. The van der Waals surface area contributed by atoms with Crippen molar-refractivity contribution in [3.05, 3.63) is 96.0 Å². The van der Waals surface area contributed by atoms with Gasteiger partial charge in [-0.15, -0.1) is 0 Å². The van der Waals surface area contributed by atoms with Crippen molar-refractivity contribution in [2.24, 2.45) is 10.7 Å². The predicted octanol–water partition coefficient (Wildman–Crippen LogP) is 2.30. The molecule has 190 valence electrons. The number of morpholine rings is 1. The third-order valence-electron chi connectivity index (χ3n) is 5.56. The van der Waals surface area contributed by atoms with E-state index in [9.17, 15) is 9.59 Å². The second kappa shape index (κ2) is 14.4. The molecule has 0 spiro atoms. The average Bonchev–Trinajstić information content (AvgIpc) is 2.92. The van der Waals surface area contributed by atoms with Gasteiger partial charge >= 0.3 is 0 Å². The fourth-order valence-corrected chi connectivity index (χ4v) is 3.65. The number of benzene rings is 2. The summed E-state index contributed by atoms with van der Waals surface area (Å²) in [6.07, 6.45) is 5.27. The molecular weight excluding hydrogens is 456 g/mol. The minimum absolute atomic E-state index is 0.113. The Bertz CT molecular complexity index is 1050. The lowest BCUT2D eigenvalue weighted by Crippen LogP contribution is -2.52. The Morgan fingerprint density at radius 3 is 2.44 bits per heavy atom. The van der Waals surface area contributed by atoms with Gasteiger partial charge in [-0.2, -0.15) is 0 Å². The van der Waals surface area contributed by atoms with Crippen LogP contribution in [0.15, 0.2) is 84.3 Å². The number of allylic oxidation sites excluding steroid dienone is 1. The number of hydrogen-bond acceptors (Lipinski definition) is 7. The van der Waals surface area contributed by atoms with Crippen LogP contribution in [0.2, 0.25) is 0 Å². The van der Waals surface area contributed by atoms with Crippen LogP contribution in [0.5, 0.6) is 0 Å². The summed E-state index contributed by atoms with van der Waals surface area (Å²) in [7, 11) is 0. The van der Waals surface area contributed by atoms with Gasteiger partial charge in [0, 0.05) is 50.1 Å². The van der Waals surface area contributed by atoms with Gasteiger partial charge in [0.1, 0.15) is 5.82 Å². The van der Waals surface area contributed by atoms with Crippen molar-refractivity contribution in [3.63, 3.8) is 0 Å². The zero-order chi connectivity index (χ0) is 25.6. The predicted molar refractivity (Wildman–Crippen MR) is 141 cm³/mol. The minimum atomic E-state index is -0.182. The number of rotatable bonds is 12. The molecular formula is C27H34N6O3. The van der Waals surface area contributed by atoms with Crippen molar-refractivity contribution < 1.29 is 14.3 Å². The number of hydrogen-bond donors (Lipinski definition) is 3. The van der Waals surface area contributed by atoms with Crippen molar-refractivity contribution in [3.8, 4) is 0 Å². The van der Waals surface area contributed by atoms with Crippen LogP contribution in [0.3, 0.4) is 0 Å². The maximum absolute atomic E-state index is 13.4. The molecule has 9 nitrogen and oxygen atoms in total. The van der Waals surface area contributed by atoms with Crippen LogP contribution in [0.25, 0.3) is 0 Å². The summed E-state index contributed by atoms with van der Waals surface area (Å²) in [5.41, 5.74) is 7.34. The molecule has 0 bridgehead atoms. The first-order valence-electron chi connectivity index (χ1n) is 12.0. The van der Waals surface area contributed by atoms with Gasteiger partial charge in [-0.1, -0.05) is 36.9 Å². The molecule has 0 aromatic heterocycles. The standard InChI is InChI=1S/C27H34N6O3/c1-22(29-14-5-13-28)30-15-6-16-33(32-17-19-36-20-18-32)27(35)25-11-9-24(10-12-25)26(34)31-21-23-7-3-2-4-8-23/h2-5,7-14,30H,1,6,15-21,28H2,(H,31,34)/b13-5-,29-14?. The molecule has 0 saturated carbocycles. The van der Waals surface area contributed by atoms with E-state index in [0.717, 1.165) is 5.56 Å². The Balaban J connectivity index is 1.58. The number of nitrogens with one attached hydrogen (secondary N) is 2. The molecule has 0 unspecified atom stereocenters. The van der Waals surface area contributed by atoms with Crippen LogP contribution in [0, 0.1) is 0 Å². The van der Waals surface area contributed by atoms with E-state index in [2.05, 4.69) is 22.2 Å². The number of aliphatic imine (C=N–C) groups is 1. The molecule has 1 saturated heterocycles. The summed E-state index contributed by atoms with van der Waals surface area (Å²) >= 11 is 0. The van der Waals surface area contributed by atoms with E-state index in [1.807, 2.05) is 35.3 Å². The molecule has 0 radical (unpaired) electrons. The number of hydrazine groups is 1. The molecule has 2 aromatic rings. The second-order valence-electron chi connectivity index (χ2n) is 8.13. The van der Waals surface area contributed by atoms with Gasteiger partial charge in [0.05, 0.1) is 13.2 Å². The van der Waals surface area contributed by atoms with E-state index in [1.54, 1.807) is 41.6 Å². The first kappa shape index (κ1) is 26.7. The van der Waals surface area contributed by atoms with Gasteiger partial charge in [-0.3, -0.25) is 14.6 Å². The SMILES string of the molecule is C=C(N=C/C=C\N)NCCCN(C(=O)c1ccc(C(=O)NCc2ccccc2)cc1)N1CCOCC1. The summed E-state index contributed by atoms with van der Waals surface area (Å²) < 4.78 is 5.46. The van der Waals surface area contributed by atoms with Crippen LogP contribution in [0.4, 0.5) is 0 Å². The van der Waals surface area contributed by atoms with Gasteiger partial charge in [0.25, 0.3) is 11.8 Å². The normalized spacial score (nSPS) is 14.1. The summed E-state index contributed by atoms with van der Waals surface area (Å²) in [4.78, 5) is 30.0. The van der Waals surface area contributed by atoms with Crippen LogP contribution in [-0.2, 0) is 11.3 Å². The van der Waals surface area contributed by atoms with Crippen molar-refractivity contribution in [2.45, 2.75) is 13.0 Å². The lowest BCUT2D eigenvalue weighted by molar-refractivity contribution is -0.0700. The molecule has 9 heteroatoms. The van der Waals surface area contributed by atoms with Crippen LogP contribution >= 0.6 is 0 Å². The first-order valence-corrected chi connectivity index (χ1v) is 12.0. The van der Waals surface area contributed by atoms with Crippen molar-refractivity contribution in [1.82, 2.24) is 20.7 Å². The Morgan fingerprint density at radius 2 is 1.75 bits per heavy atom. The molecule has 1 fully saturated rings. The summed E-state index contributed by atoms with van der Waals surface area (Å²) in [6, 6.07) is 16.5. The Labute approximate surface area is 212 Å². The zero-order valence-corrected chi connectivity index (χ0v) is 20.4. The quantitative estimate of drug-likeness (QED) is 0.311. The highest BCUT2D eigenvalue weighted by molar-refractivity contribution is 5.97. The fourth-order valence-electron chi connectivity index (χ4n) is 3.65. The lowest BCUT2D eigenvalue weighted by Gasteiger charge is -2.37. The van der Waals surface area contributed by atoms with Gasteiger partial charge < -0.3 is 21.1 Å². The van der Waals surface area contributed by atoms with Crippen LogP contribution < -0.4 is 16.4 Å². The Hall–Kier alpha value is -3.95. The number of nitrogens with two attached hydrogens (primary N) is 1. The zero-order valence-electron chi connectivity index (χ0n) is 20.4. The highest BCUT2D eigenvalue weighted by atomic mass is 16.5. The van der Waals surface area contributed by atoms with E-state index in [-0.39, 0.29) is 11.8 Å². The van der Waals surface area contributed by atoms with E-state index in [1.165, 1.54) is 6.20 Å². The van der Waals surface area contributed by atoms with Gasteiger partial charge in [0.15, 0.2) is 0 Å². The molecule has 1 aliphatic heterocycles. The molecule has 1 heterocycles. The highest BCUT2D eigenvalue weighted by Gasteiger charge is 2.24. The molecule has 1 aliphatic rings. The van der Waals surface area contributed by atoms with E-state index in [0.29, 0.717) is 69.3 Å². The van der Waals surface area contributed by atoms with Crippen molar-refractivity contribution in [2.75, 3.05) is 39.4 Å². The smallest absolute Gasteiger partial charge is 0.268 e. The van der Waals surface area contributed by atoms with E-state index < -0.39 is 0 Å². The van der Waals surface area contributed by atoms with Gasteiger partial charge in [-0.05, 0) is 48.5 Å². The number of carbonyl (C=O) groups is 2. The molecule has 36 heavy (non-hydrogen) atoms. The Morgan fingerprint density at radius 1 is 1.06 bits per heavy atom. The minimum Gasteiger partial charge on any atom is -0.405 e. The molecule has 0 aliphatic carbocycles. The maximum Gasteiger partial charge on any atom is 0.268 e. The largest absolute Gasteiger partial charge is 0.405 e. The topological polar surface area (TPSA) is 112 Å². The van der Waals surface area contributed by atoms with Gasteiger partial charge in [-0.25, -0.2) is 10.0 Å². The fraction of sp³-hybridized carbons (Fsp3) is 0.296. The van der Waals surface area contributed by atoms with Crippen LogP contribution in [0.1, 0.15) is 32.7 Å². The lowest BCUT2D eigenvalue weighted by atomic mass is 10.1. The molecule has 3 rings (SSSR count). The monoisotopic (exact) mass is 490 g/mol. The number of amides is 2. The molecule has 2 amide bonds. The third-order valence-corrected chi connectivity index (χ3v) is 5.56. The number of ether oxygens (including phenoxy) is 1.